The first-order valence-corrected chi connectivity index (χ1v) is 12.2. The molecule has 1 aliphatic rings. The van der Waals surface area contributed by atoms with Crippen LogP contribution in [-0.2, 0) is 0 Å². The topological polar surface area (TPSA) is 83.6 Å². The average Bonchev–Trinajstić information content (AvgIpc) is 3.56. The quantitative estimate of drug-likeness (QED) is 0.391. The first kappa shape index (κ1) is 22.5. The molecule has 0 unspecified atom stereocenters. The molecule has 5 aromatic rings. The van der Waals surface area contributed by atoms with Gasteiger partial charge in [-0.2, -0.15) is 4.98 Å². The monoisotopic (exact) mass is 500 g/mol. The Morgan fingerprint density at radius 3 is 2.64 bits per heavy atom. The third-order valence-corrected chi connectivity index (χ3v) is 7.05. The number of nitrogens with one attached hydrogen (secondary N) is 1. The first-order chi connectivity index (χ1) is 17.5. The zero-order valence-electron chi connectivity index (χ0n) is 20.0. The normalized spacial score (nSPS) is 15.9. The lowest BCUT2D eigenvalue weighted by atomic mass is 10.2. The molecule has 0 amide bonds. The smallest absolute Gasteiger partial charge is 0.270 e. The van der Waals surface area contributed by atoms with Crippen molar-refractivity contribution < 1.29 is 0 Å². The largest absolute Gasteiger partial charge is 0.370 e. The number of nitrogens with zero attached hydrogens (tertiary/aromatic N) is 7. The van der Waals surface area contributed by atoms with Crippen molar-refractivity contribution in [3.63, 3.8) is 0 Å². The molecule has 1 fully saturated rings. The standard InChI is InChI=1S/C26H25ClN8O/c1-32(2)19-11-13-33(16-19)18-9-7-17(8-10-18)30-25-29-15-20-23(31-25)34-14-12-28-26(34)35(24(20)36)22-6-4-3-5-21(22)27/h3-10,12,14-15,19H,11,13,16H2,1-2H3,(H,29,30,31)/t19-/m1/s1. The molecule has 1 saturated heterocycles. The van der Waals surface area contributed by atoms with Gasteiger partial charge < -0.3 is 15.1 Å². The molecule has 6 rings (SSSR count). The number of likely N-dealkylation sites (N-methyl/N-ethyl adjacent to an activating group) is 1. The zero-order chi connectivity index (χ0) is 24.8. The van der Waals surface area contributed by atoms with Crippen LogP contribution >= 0.6 is 11.6 Å². The van der Waals surface area contributed by atoms with Gasteiger partial charge in [-0.25, -0.2) is 14.5 Å². The summed E-state index contributed by atoms with van der Waals surface area (Å²) in [7, 11) is 4.27. The van der Waals surface area contributed by atoms with Crippen LogP contribution in [0.2, 0.25) is 5.02 Å². The van der Waals surface area contributed by atoms with Crippen molar-refractivity contribution in [1.82, 2.24) is 28.8 Å². The Hall–Kier alpha value is -3.95. The molecule has 0 spiro atoms. The fourth-order valence-corrected chi connectivity index (χ4v) is 4.96. The molecule has 4 heterocycles. The third-order valence-electron chi connectivity index (χ3n) is 6.73. The number of imidazole rings is 1. The Bertz CT molecular complexity index is 1630. The van der Waals surface area contributed by atoms with Crippen LogP contribution < -0.4 is 15.8 Å². The van der Waals surface area contributed by atoms with Crippen molar-refractivity contribution in [1.29, 1.82) is 0 Å². The van der Waals surface area contributed by atoms with E-state index in [1.54, 1.807) is 35.1 Å². The van der Waals surface area contributed by atoms with E-state index in [2.05, 4.69) is 56.3 Å². The van der Waals surface area contributed by atoms with Crippen molar-refractivity contribution in [2.24, 2.45) is 0 Å². The molecule has 9 nitrogen and oxygen atoms in total. The summed E-state index contributed by atoms with van der Waals surface area (Å²) in [5.41, 5.74) is 2.81. The summed E-state index contributed by atoms with van der Waals surface area (Å²) in [6.45, 7) is 2.08. The van der Waals surface area contributed by atoms with Crippen LogP contribution in [0, 0.1) is 0 Å². The van der Waals surface area contributed by atoms with E-state index in [0.29, 0.717) is 39.5 Å². The number of halogens is 1. The van der Waals surface area contributed by atoms with Gasteiger partial charge in [0.05, 0.1) is 10.7 Å². The maximum absolute atomic E-state index is 13.4. The van der Waals surface area contributed by atoms with E-state index in [1.165, 1.54) is 16.7 Å². The van der Waals surface area contributed by atoms with Crippen molar-refractivity contribution in [3.8, 4) is 5.69 Å². The van der Waals surface area contributed by atoms with E-state index in [-0.39, 0.29) is 5.56 Å². The molecule has 36 heavy (non-hydrogen) atoms. The summed E-state index contributed by atoms with van der Waals surface area (Å²) in [5, 5.41) is 4.08. The van der Waals surface area contributed by atoms with E-state index in [1.807, 2.05) is 24.3 Å². The number of aromatic nitrogens is 5. The number of fused-ring (bicyclic) bond motifs is 3. The van der Waals surface area contributed by atoms with Gasteiger partial charge in [-0.05, 0) is 56.9 Å². The van der Waals surface area contributed by atoms with Crippen molar-refractivity contribution in [2.45, 2.75) is 12.5 Å². The zero-order valence-corrected chi connectivity index (χ0v) is 20.7. The lowest BCUT2D eigenvalue weighted by molar-refractivity contribution is 0.315. The molecule has 1 atom stereocenters. The second-order valence-corrected chi connectivity index (χ2v) is 9.55. The molecule has 0 bridgehead atoms. The summed E-state index contributed by atoms with van der Waals surface area (Å²) in [6.07, 6.45) is 6.11. The van der Waals surface area contributed by atoms with E-state index in [0.717, 1.165) is 18.8 Å². The van der Waals surface area contributed by atoms with Gasteiger partial charge in [-0.3, -0.25) is 9.20 Å². The molecule has 182 valence electrons. The summed E-state index contributed by atoms with van der Waals surface area (Å²) >= 11 is 6.40. The lowest BCUT2D eigenvalue weighted by Gasteiger charge is -2.22. The summed E-state index contributed by atoms with van der Waals surface area (Å²) in [6, 6.07) is 16.0. The van der Waals surface area contributed by atoms with Crippen LogP contribution in [0.5, 0.6) is 0 Å². The number of rotatable bonds is 5. The molecule has 1 N–H and O–H groups in total. The van der Waals surface area contributed by atoms with E-state index < -0.39 is 0 Å². The molecular formula is C26H25ClN8O. The summed E-state index contributed by atoms with van der Waals surface area (Å²) < 4.78 is 3.25. The van der Waals surface area contributed by atoms with Gasteiger partial charge >= 0.3 is 0 Å². The number of benzene rings is 2. The molecule has 0 aliphatic carbocycles. The van der Waals surface area contributed by atoms with Gasteiger partial charge in [0.25, 0.3) is 5.56 Å². The van der Waals surface area contributed by atoms with Gasteiger partial charge in [0, 0.05) is 49.1 Å². The molecular weight excluding hydrogens is 476 g/mol. The predicted molar refractivity (Wildman–Crippen MR) is 143 cm³/mol. The summed E-state index contributed by atoms with van der Waals surface area (Å²) in [5.74, 6) is 0.824. The van der Waals surface area contributed by atoms with Crippen molar-refractivity contribution in [3.05, 3.63) is 82.5 Å². The maximum Gasteiger partial charge on any atom is 0.270 e. The van der Waals surface area contributed by atoms with Crippen LogP contribution in [0.15, 0.2) is 71.9 Å². The average molecular weight is 501 g/mol. The SMILES string of the molecule is CN(C)[C@@H]1CCN(c2ccc(Nc3ncc4c(=O)n(-c5ccccc5Cl)c5nccn5c4n3)cc2)C1. The van der Waals surface area contributed by atoms with Gasteiger partial charge in [0.15, 0.2) is 5.65 Å². The minimum absolute atomic E-state index is 0.283. The van der Waals surface area contributed by atoms with E-state index in [4.69, 9.17) is 11.6 Å². The maximum atomic E-state index is 13.4. The van der Waals surface area contributed by atoms with E-state index >= 15 is 0 Å². The van der Waals surface area contributed by atoms with Gasteiger partial charge in [-0.1, -0.05) is 23.7 Å². The Morgan fingerprint density at radius 2 is 1.89 bits per heavy atom. The van der Waals surface area contributed by atoms with Crippen LogP contribution in [0.4, 0.5) is 17.3 Å². The highest BCUT2D eigenvalue weighted by Gasteiger charge is 2.24. The third kappa shape index (κ3) is 3.86. The Labute approximate surface area is 212 Å². The number of hydrogen-bond donors (Lipinski definition) is 1. The van der Waals surface area contributed by atoms with Crippen molar-refractivity contribution >= 4 is 45.7 Å². The summed E-state index contributed by atoms with van der Waals surface area (Å²) in [4.78, 5) is 31.6. The fourth-order valence-electron chi connectivity index (χ4n) is 4.74. The second-order valence-electron chi connectivity index (χ2n) is 9.14. The lowest BCUT2D eigenvalue weighted by Crippen LogP contribution is -2.31. The highest BCUT2D eigenvalue weighted by atomic mass is 35.5. The van der Waals surface area contributed by atoms with Crippen LogP contribution in [0.3, 0.4) is 0 Å². The minimum atomic E-state index is -0.283. The second kappa shape index (κ2) is 8.92. The molecule has 0 radical (unpaired) electrons. The van der Waals surface area contributed by atoms with Crippen molar-refractivity contribution in [2.75, 3.05) is 37.4 Å². The van der Waals surface area contributed by atoms with Gasteiger partial charge in [0.1, 0.15) is 5.39 Å². The van der Waals surface area contributed by atoms with Gasteiger partial charge in [-0.15, -0.1) is 0 Å². The van der Waals surface area contributed by atoms with Gasteiger partial charge in [0.2, 0.25) is 11.7 Å². The predicted octanol–water partition coefficient (Wildman–Crippen LogP) is 3.97. The highest BCUT2D eigenvalue weighted by molar-refractivity contribution is 6.32. The first-order valence-electron chi connectivity index (χ1n) is 11.8. The number of hydrogen-bond acceptors (Lipinski definition) is 7. The van der Waals surface area contributed by atoms with Crippen LogP contribution in [0.1, 0.15) is 6.42 Å². The molecule has 1 aliphatic heterocycles. The molecule has 0 saturated carbocycles. The number of anilines is 3. The number of para-hydroxylation sites is 1. The fraction of sp³-hybridized carbons (Fsp3) is 0.231. The van der Waals surface area contributed by atoms with Crippen LogP contribution in [0.25, 0.3) is 22.5 Å². The molecule has 10 heteroatoms. The van der Waals surface area contributed by atoms with E-state index in [9.17, 15) is 4.79 Å². The highest BCUT2D eigenvalue weighted by Crippen LogP contribution is 2.26. The molecule has 3 aromatic heterocycles. The minimum Gasteiger partial charge on any atom is -0.370 e. The Balaban J connectivity index is 1.33. The Kier molecular flexibility index (Phi) is 5.58. The van der Waals surface area contributed by atoms with Crippen LogP contribution in [-0.4, -0.2) is 62.0 Å². The molecule has 2 aromatic carbocycles. The Morgan fingerprint density at radius 1 is 1.08 bits per heavy atom.